The molecule has 0 radical (unpaired) electrons. The lowest BCUT2D eigenvalue weighted by molar-refractivity contribution is -0.121. The van der Waals surface area contributed by atoms with Crippen LogP contribution in [0.5, 0.6) is 0 Å². The summed E-state index contributed by atoms with van der Waals surface area (Å²) in [5, 5.41) is 9.94. The van der Waals surface area contributed by atoms with Crippen molar-refractivity contribution in [2.24, 2.45) is 0 Å². The predicted molar refractivity (Wildman–Crippen MR) is 57.0 cm³/mol. The molecule has 0 aromatic carbocycles. The van der Waals surface area contributed by atoms with E-state index in [1.807, 2.05) is 0 Å². The molecule has 1 aliphatic heterocycles. The summed E-state index contributed by atoms with van der Waals surface area (Å²) in [6.45, 7) is 6.42. The number of nitrogens with zero attached hydrogens (tertiary/aromatic N) is 1. The van der Waals surface area contributed by atoms with Gasteiger partial charge in [0.25, 0.3) is 0 Å². The highest BCUT2D eigenvalue weighted by Crippen LogP contribution is 2.64. The van der Waals surface area contributed by atoms with Gasteiger partial charge in [0, 0.05) is 6.54 Å². The first-order chi connectivity index (χ1) is 7.00. The van der Waals surface area contributed by atoms with Gasteiger partial charge in [-0.15, -0.1) is 0 Å². The summed E-state index contributed by atoms with van der Waals surface area (Å²) in [5.41, 5.74) is 0. The largest absolute Gasteiger partial charge is 0.352 e. The molecular formula is C9H20NO4P. The highest BCUT2D eigenvalue weighted by Gasteiger charge is 2.53. The maximum Gasteiger partial charge on any atom is 0.352 e. The molecule has 0 spiro atoms. The average Bonchev–Trinajstić information content (AvgIpc) is 2.49. The van der Waals surface area contributed by atoms with Crippen molar-refractivity contribution in [3.8, 4) is 0 Å². The molecule has 1 fully saturated rings. The van der Waals surface area contributed by atoms with Crippen molar-refractivity contribution in [2.45, 2.75) is 38.9 Å². The fourth-order valence-corrected chi connectivity index (χ4v) is 3.99. The van der Waals surface area contributed by atoms with Crippen molar-refractivity contribution in [3.05, 3.63) is 0 Å². The third-order valence-electron chi connectivity index (χ3n) is 2.76. The lowest BCUT2D eigenvalue weighted by Gasteiger charge is -2.36. The monoisotopic (exact) mass is 237 g/mol. The Labute approximate surface area is 90.9 Å². The van der Waals surface area contributed by atoms with Crippen molar-refractivity contribution in [1.82, 2.24) is 5.06 Å². The van der Waals surface area contributed by atoms with E-state index in [1.165, 1.54) is 0 Å². The molecule has 5 nitrogen and oxygen atoms in total. The van der Waals surface area contributed by atoms with Crippen molar-refractivity contribution in [2.75, 3.05) is 19.8 Å². The molecule has 1 aliphatic rings. The smallest absolute Gasteiger partial charge is 0.313 e. The van der Waals surface area contributed by atoms with Crippen LogP contribution in [0.4, 0.5) is 0 Å². The van der Waals surface area contributed by atoms with Crippen LogP contribution in [0.1, 0.15) is 33.6 Å². The number of hydrogen-bond donors (Lipinski definition) is 1. The third kappa shape index (κ3) is 2.27. The standard InChI is InChI=1S/C9H20NO4P/c1-4-13-15(12,14-5-2)9(3)7-6-8-10(9)11/h11H,4-8H2,1-3H3/t9-/m1/s1. The summed E-state index contributed by atoms with van der Waals surface area (Å²) in [6.07, 6.45) is 1.43. The normalized spacial score (nSPS) is 28.5. The molecule has 1 rings (SSSR count). The zero-order valence-electron chi connectivity index (χ0n) is 9.60. The van der Waals surface area contributed by atoms with E-state index in [0.29, 0.717) is 26.2 Å². The lowest BCUT2D eigenvalue weighted by Crippen LogP contribution is -2.39. The van der Waals surface area contributed by atoms with Gasteiger partial charge in [0.2, 0.25) is 0 Å². The Morgan fingerprint density at radius 1 is 1.40 bits per heavy atom. The van der Waals surface area contributed by atoms with Gasteiger partial charge >= 0.3 is 7.60 Å². The van der Waals surface area contributed by atoms with Gasteiger partial charge in [-0.3, -0.25) is 4.57 Å². The first-order valence-corrected chi connectivity index (χ1v) is 6.90. The second-order valence-corrected chi connectivity index (χ2v) is 6.25. The summed E-state index contributed by atoms with van der Waals surface area (Å²) < 4.78 is 23.0. The highest BCUT2D eigenvalue weighted by atomic mass is 31.2. The first kappa shape index (κ1) is 13.1. The second-order valence-electron chi connectivity index (χ2n) is 3.78. The van der Waals surface area contributed by atoms with Crippen molar-refractivity contribution >= 4 is 7.60 Å². The minimum absolute atomic E-state index is 0.320. The van der Waals surface area contributed by atoms with E-state index in [1.54, 1.807) is 20.8 Å². The van der Waals surface area contributed by atoms with E-state index in [4.69, 9.17) is 9.05 Å². The summed E-state index contributed by atoms with van der Waals surface area (Å²) >= 11 is 0. The van der Waals surface area contributed by atoms with E-state index in [2.05, 4.69) is 0 Å². The molecule has 0 unspecified atom stereocenters. The molecule has 1 atom stereocenters. The molecule has 0 aliphatic carbocycles. The lowest BCUT2D eigenvalue weighted by atomic mass is 10.2. The molecule has 0 amide bonds. The topological polar surface area (TPSA) is 59.0 Å². The molecule has 0 aromatic rings. The number of rotatable bonds is 5. The predicted octanol–water partition coefficient (Wildman–Crippen LogP) is 2.45. The Morgan fingerprint density at radius 3 is 2.27 bits per heavy atom. The third-order valence-corrected chi connectivity index (χ3v) is 5.60. The van der Waals surface area contributed by atoms with Gasteiger partial charge in [-0.1, -0.05) is 0 Å². The average molecular weight is 237 g/mol. The molecule has 0 bridgehead atoms. The zero-order chi connectivity index (χ0) is 11.5. The van der Waals surface area contributed by atoms with Crippen LogP contribution in [0.3, 0.4) is 0 Å². The summed E-state index contributed by atoms with van der Waals surface area (Å²) in [6, 6.07) is 0. The van der Waals surface area contributed by atoms with Crippen LogP contribution in [-0.4, -0.2) is 35.3 Å². The van der Waals surface area contributed by atoms with E-state index in [-0.39, 0.29) is 0 Å². The van der Waals surface area contributed by atoms with Crippen LogP contribution in [0.2, 0.25) is 0 Å². The quantitative estimate of drug-likeness (QED) is 0.744. The van der Waals surface area contributed by atoms with E-state index in [9.17, 15) is 9.77 Å². The van der Waals surface area contributed by atoms with Crippen LogP contribution >= 0.6 is 7.60 Å². The van der Waals surface area contributed by atoms with Gasteiger partial charge in [-0.2, -0.15) is 5.06 Å². The zero-order valence-corrected chi connectivity index (χ0v) is 10.5. The molecule has 0 aromatic heterocycles. The van der Waals surface area contributed by atoms with Crippen LogP contribution in [0, 0.1) is 0 Å². The molecular weight excluding hydrogens is 217 g/mol. The Morgan fingerprint density at radius 2 is 1.93 bits per heavy atom. The summed E-state index contributed by atoms with van der Waals surface area (Å²) in [7, 11) is -3.26. The highest BCUT2D eigenvalue weighted by molar-refractivity contribution is 7.55. The Hall–Kier alpha value is 0.0700. The van der Waals surface area contributed by atoms with E-state index < -0.39 is 12.9 Å². The van der Waals surface area contributed by atoms with Gasteiger partial charge in [-0.05, 0) is 33.6 Å². The van der Waals surface area contributed by atoms with E-state index >= 15 is 0 Å². The molecule has 1 saturated heterocycles. The maximum atomic E-state index is 12.5. The molecule has 1 N–H and O–H groups in total. The number of hydroxylamine groups is 2. The SMILES string of the molecule is CCOP(=O)(OCC)[C@]1(C)CCCN1O. The van der Waals surface area contributed by atoms with Gasteiger partial charge in [0.05, 0.1) is 13.2 Å². The van der Waals surface area contributed by atoms with E-state index in [0.717, 1.165) is 11.5 Å². The van der Waals surface area contributed by atoms with Gasteiger partial charge in [0.15, 0.2) is 0 Å². The molecule has 1 heterocycles. The van der Waals surface area contributed by atoms with Crippen LogP contribution in [0.15, 0.2) is 0 Å². The minimum atomic E-state index is -3.26. The first-order valence-electron chi connectivity index (χ1n) is 5.36. The molecule has 90 valence electrons. The van der Waals surface area contributed by atoms with Gasteiger partial charge in [-0.25, -0.2) is 0 Å². The number of hydrogen-bond acceptors (Lipinski definition) is 5. The maximum absolute atomic E-state index is 12.5. The van der Waals surface area contributed by atoms with Crippen molar-refractivity contribution < 1.29 is 18.8 Å². The Balaban J connectivity index is 2.92. The minimum Gasteiger partial charge on any atom is -0.313 e. The summed E-state index contributed by atoms with van der Waals surface area (Å²) in [4.78, 5) is 0. The Kier molecular flexibility index (Phi) is 4.32. The second kappa shape index (κ2) is 4.93. The Bertz CT molecular complexity index is 250. The van der Waals surface area contributed by atoms with Crippen LogP contribution in [0.25, 0.3) is 0 Å². The summed E-state index contributed by atoms with van der Waals surface area (Å²) in [5.74, 6) is 0. The fraction of sp³-hybridized carbons (Fsp3) is 1.00. The molecule has 15 heavy (non-hydrogen) atoms. The van der Waals surface area contributed by atoms with Crippen LogP contribution in [-0.2, 0) is 13.6 Å². The van der Waals surface area contributed by atoms with Gasteiger partial charge < -0.3 is 14.3 Å². The van der Waals surface area contributed by atoms with Crippen LogP contribution < -0.4 is 0 Å². The van der Waals surface area contributed by atoms with Gasteiger partial charge in [0.1, 0.15) is 5.28 Å². The molecule has 6 heteroatoms. The van der Waals surface area contributed by atoms with Crippen molar-refractivity contribution in [3.63, 3.8) is 0 Å². The van der Waals surface area contributed by atoms with Crippen molar-refractivity contribution in [1.29, 1.82) is 0 Å². The fourth-order valence-electron chi connectivity index (χ4n) is 1.87. The molecule has 0 saturated carbocycles.